The SMILES string of the molecule is Cc1nc(Oc2ccccc2C(N)=O)ncc1C(=O)O. The molecule has 0 aliphatic carbocycles. The summed E-state index contributed by atoms with van der Waals surface area (Å²) < 4.78 is 5.37. The molecule has 0 spiro atoms. The number of nitrogens with zero attached hydrogens (tertiary/aromatic N) is 2. The topological polar surface area (TPSA) is 115 Å². The quantitative estimate of drug-likeness (QED) is 0.869. The number of para-hydroxylation sites is 1. The first-order valence-electron chi connectivity index (χ1n) is 5.62. The van der Waals surface area contributed by atoms with Crippen molar-refractivity contribution < 1.29 is 19.4 Å². The van der Waals surface area contributed by atoms with Gasteiger partial charge in [-0.1, -0.05) is 12.1 Å². The van der Waals surface area contributed by atoms with E-state index in [4.69, 9.17) is 15.6 Å². The minimum absolute atomic E-state index is 0.0134. The van der Waals surface area contributed by atoms with E-state index in [1.165, 1.54) is 13.0 Å². The first kappa shape index (κ1) is 13.5. The third kappa shape index (κ3) is 2.72. The molecule has 20 heavy (non-hydrogen) atoms. The Kier molecular flexibility index (Phi) is 3.60. The monoisotopic (exact) mass is 273 g/mol. The molecule has 0 bridgehead atoms. The van der Waals surface area contributed by atoms with Gasteiger partial charge in [-0.15, -0.1) is 0 Å². The summed E-state index contributed by atoms with van der Waals surface area (Å²) in [4.78, 5) is 29.8. The second-order valence-corrected chi connectivity index (χ2v) is 3.92. The fourth-order valence-corrected chi connectivity index (χ4v) is 1.56. The highest BCUT2D eigenvalue weighted by Gasteiger charge is 2.13. The lowest BCUT2D eigenvalue weighted by Gasteiger charge is -2.08. The highest BCUT2D eigenvalue weighted by atomic mass is 16.5. The zero-order valence-electron chi connectivity index (χ0n) is 10.5. The average molecular weight is 273 g/mol. The largest absolute Gasteiger partial charge is 0.478 e. The number of hydrogen-bond donors (Lipinski definition) is 2. The Bertz CT molecular complexity index is 685. The van der Waals surface area contributed by atoms with E-state index >= 15 is 0 Å². The van der Waals surface area contributed by atoms with Gasteiger partial charge in [0.2, 0.25) is 0 Å². The summed E-state index contributed by atoms with van der Waals surface area (Å²) >= 11 is 0. The molecule has 2 rings (SSSR count). The van der Waals surface area contributed by atoms with E-state index in [1.54, 1.807) is 18.2 Å². The standard InChI is InChI=1S/C13H11N3O4/c1-7-9(12(18)19)6-15-13(16-7)20-10-5-3-2-4-8(10)11(14)17/h2-6H,1H3,(H2,14,17)(H,18,19). The van der Waals surface area contributed by atoms with Crippen LogP contribution in [0, 0.1) is 6.92 Å². The molecule has 0 unspecified atom stereocenters. The van der Waals surface area contributed by atoms with E-state index in [9.17, 15) is 9.59 Å². The van der Waals surface area contributed by atoms with Crippen molar-refractivity contribution in [2.75, 3.05) is 0 Å². The Hall–Kier alpha value is -2.96. The van der Waals surface area contributed by atoms with Crippen LogP contribution in [-0.4, -0.2) is 27.0 Å². The summed E-state index contributed by atoms with van der Waals surface area (Å²) in [6, 6.07) is 6.31. The Labute approximate surface area is 114 Å². The fraction of sp³-hybridized carbons (Fsp3) is 0.0769. The zero-order chi connectivity index (χ0) is 14.7. The molecule has 3 N–H and O–H groups in total. The Morgan fingerprint density at radius 1 is 1.25 bits per heavy atom. The summed E-state index contributed by atoms with van der Waals surface area (Å²) in [5.41, 5.74) is 5.66. The van der Waals surface area contributed by atoms with Crippen LogP contribution < -0.4 is 10.5 Å². The number of nitrogens with two attached hydrogens (primary N) is 1. The third-order valence-electron chi connectivity index (χ3n) is 2.54. The number of ether oxygens (including phenoxy) is 1. The molecule has 2 aromatic rings. The van der Waals surface area contributed by atoms with Crippen LogP contribution >= 0.6 is 0 Å². The second kappa shape index (κ2) is 5.35. The van der Waals surface area contributed by atoms with Gasteiger partial charge in [-0.3, -0.25) is 4.79 Å². The number of rotatable bonds is 4. The van der Waals surface area contributed by atoms with Gasteiger partial charge in [0, 0.05) is 6.20 Å². The smallest absolute Gasteiger partial charge is 0.339 e. The number of carbonyl (C=O) groups is 2. The van der Waals surface area contributed by atoms with Crippen molar-refractivity contribution >= 4 is 11.9 Å². The second-order valence-electron chi connectivity index (χ2n) is 3.92. The van der Waals surface area contributed by atoms with Crippen molar-refractivity contribution in [3.8, 4) is 11.8 Å². The van der Waals surface area contributed by atoms with E-state index in [-0.39, 0.29) is 28.6 Å². The number of aromatic nitrogens is 2. The number of benzene rings is 1. The first-order chi connectivity index (χ1) is 9.49. The van der Waals surface area contributed by atoms with E-state index in [0.29, 0.717) is 0 Å². The van der Waals surface area contributed by atoms with Crippen LogP contribution in [0.5, 0.6) is 11.8 Å². The normalized spacial score (nSPS) is 10.1. The van der Waals surface area contributed by atoms with Gasteiger partial charge in [0.1, 0.15) is 5.75 Å². The number of carbonyl (C=O) groups excluding carboxylic acids is 1. The molecule has 0 atom stereocenters. The lowest BCUT2D eigenvalue weighted by atomic mass is 10.2. The fourth-order valence-electron chi connectivity index (χ4n) is 1.56. The summed E-state index contributed by atoms with van der Waals surface area (Å²) in [6.45, 7) is 1.53. The van der Waals surface area contributed by atoms with Crippen LogP contribution in [-0.2, 0) is 0 Å². The molecular formula is C13H11N3O4. The number of amides is 1. The van der Waals surface area contributed by atoms with Crippen molar-refractivity contribution in [3.63, 3.8) is 0 Å². The predicted octanol–water partition coefficient (Wildman–Crippen LogP) is 1.37. The van der Waals surface area contributed by atoms with Crippen molar-refractivity contribution in [1.29, 1.82) is 0 Å². The Morgan fingerprint density at radius 3 is 2.55 bits per heavy atom. The van der Waals surface area contributed by atoms with Crippen LogP contribution in [0.4, 0.5) is 0 Å². The molecule has 0 saturated carbocycles. The summed E-state index contributed by atoms with van der Waals surface area (Å²) in [7, 11) is 0. The molecule has 0 saturated heterocycles. The predicted molar refractivity (Wildman–Crippen MR) is 68.8 cm³/mol. The van der Waals surface area contributed by atoms with Gasteiger partial charge in [0.05, 0.1) is 16.8 Å². The van der Waals surface area contributed by atoms with Crippen molar-refractivity contribution in [1.82, 2.24) is 9.97 Å². The molecular weight excluding hydrogens is 262 g/mol. The lowest BCUT2D eigenvalue weighted by Crippen LogP contribution is -2.12. The molecule has 1 aromatic carbocycles. The zero-order valence-corrected chi connectivity index (χ0v) is 10.5. The molecule has 7 heteroatoms. The maximum Gasteiger partial charge on any atom is 0.339 e. The molecule has 1 aromatic heterocycles. The van der Waals surface area contributed by atoms with Gasteiger partial charge in [0.25, 0.3) is 5.91 Å². The molecule has 1 amide bonds. The molecule has 0 aliphatic rings. The Morgan fingerprint density at radius 2 is 1.95 bits per heavy atom. The molecule has 0 fully saturated rings. The highest BCUT2D eigenvalue weighted by molar-refractivity contribution is 5.95. The number of aryl methyl sites for hydroxylation is 1. The van der Waals surface area contributed by atoms with E-state index in [2.05, 4.69) is 9.97 Å². The van der Waals surface area contributed by atoms with Gasteiger partial charge in [0.15, 0.2) is 0 Å². The number of hydrogen-bond acceptors (Lipinski definition) is 5. The van der Waals surface area contributed by atoms with Gasteiger partial charge in [-0.05, 0) is 19.1 Å². The van der Waals surface area contributed by atoms with Crippen LogP contribution in [0.15, 0.2) is 30.5 Å². The van der Waals surface area contributed by atoms with Crippen LogP contribution in [0.2, 0.25) is 0 Å². The van der Waals surface area contributed by atoms with Crippen molar-refractivity contribution in [2.24, 2.45) is 5.73 Å². The van der Waals surface area contributed by atoms with Crippen LogP contribution in [0.3, 0.4) is 0 Å². The van der Waals surface area contributed by atoms with E-state index in [0.717, 1.165) is 6.20 Å². The lowest BCUT2D eigenvalue weighted by molar-refractivity contribution is 0.0694. The van der Waals surface area contributed by atoms with Gasteiger partial charge < -0.3 is 15.6 Å². The number of aromatic carboxylic acids is 1. The molecule has 7 nitrogen and oxygen atoms in total. The first-order valence-corrected chi connectivity index (χ1v) is 5.62. The number of carboxylic acid groups (broad SMARTS) is 1. The van der Waals surface area contributed by atoms with Gasteiger partial charge >= 0.3 is 12.0 Å². The maximum atomic E-state index is 11.2. The molecule has 0 radical (unpaired) electrons. The minimum atomic E-state index is -1.12. The van der Waals surface area contributed by atoms with Crippen molar-refractivity contribution in [3.05, 3.63) is 47.3 Å². The number of carboxylic acids is 1. The minimum Gasteiger partial charge on any atom is -0.478 e. The average Bonchev–Trinajstić information content (AvgIpc) is 2.38. The van der Waals surface area contributed by atoms with E-state index in [1.807, 2.05) is 0 Å². The van der Waals surface area contributed by atoms with Crippen molar-refractivity contribution in [2.45, 2.75) is 6.92 Å². The molecule has 102 valence electrons. The molecule has 1 heterocycles. The maximum absolute atomic E-state index is 11.2. The van der Waals surface area contributed by atoms with Gasteiger partial charge in [-0.25, -0.2) is 9.78 Å². The summed E-state index contributed by atoms with van der Waals surface area (Å²) in [5.74, 6) is -1.55. The highest BCUT2D eigenvalue weighted by Crippen LogP contribution is 2.22. The van der Waals surface area contributed by atoms with Gasteiger partial charge in [-0.2, -0.15) is 4.98 Å². The van der Waals surface area contributed by atoms with E-state index < -0.39 is 11.9 Å². The third-order valence-corrected chi connectivity index (χ3v) is 2.54. The summed E-state index contributed by atoms with van der Waals surface area (Å²) in [6.07, 6.45) is 1.15. The van der Waals surface area contributed by atoms with Crippen LogP contribution in [0.25, 0.3) is 0 Å². The Balaban J connectivity index is 2.34. The van der Waals surface area contributed by atoms with Crippen LogP contribution in [0.1, 0.15) is 26.4 Å². The summed E-state index contributed by atoms with van der Waals surface area (Å²) in [5, 5.41) is 8.88. The molecule has 0 aliphatic heterocycles. The number of primary amides is 1.